The Labute approximate surface area is 104 Å². The zero-order valence-corrected chi connectivity index (χ0v) is 10.1. The summed E-state index contributed by atoms with van der Waals surface area (Å²) in [4.78, 5) is 21.9. The fourth-order valence-electron chi connectivity index (χ4n) is 1.75. The average Bonchev–Trinajstić information content (AvgIpc) is 2.86. The molecule has 1 aromatic carbocycles. The minimum absolute atomic E-state index is 0.279. The fourth-order valence-corrected chi connectivity index (χ4v) is 1.75. The molecule has 0 spiro atoms. The van der Waals surface area contributed by atoms with E-state index in [1.165, 1.54) is 7.11 Å². The van der Waals surface area contributed by atoms with Crippen molar-refractivity contribution < 1.29 is 18.7 Å². The van der Waals surface area contributed by atoms with Crippen molar-refractivity contribution in [1.29, 1.82) is 0 Å². The molecule has 0 saturated carbocycles. The van der Waals surface area contributed by atoms with Crippen LogP contribution in [0.5, 0.6) is 0 Å². The molecule has 0 aliphatic rings. The van der Waals surface area contributed by atoms with Crippen molar-refractivity contribution in [3.63, 3.8) is 0 Å². The number of furan rings is 1. The predicted octanol–water partition coefficient (Wildman–Crippen LogP) is 2.85. The van der Waals surface area contributed by atoms with Crippen LogP contribution in [-0.2, 0) is 4.74 Å². The Bertz CT molecular complexity index is 596. The van der Waals surface area contributed by atoms with Crippen molar-refractivity contribution in [2.45, 2.75) is 6.92 Å². The number of esters is 1. The van der Waals surface area contributed by atoms with Crippen molar-refractivity contribution >= 4 is 12.3 Å². The molecule has 4 nitrogen and oxygen atoms in total. The minimum Gasteiger partial charge on any atom is -0.465 e. The number of aryl methyl sites for hydroxylation is 1. The number of carbonyl (C=O) groups is 2. The third-order valence-corrected chi connectivity index (χ3v) is 2.66. The quantitative estimate of drug-likeness (QED) is 0.615. The number of methoxy groups -OCH3 is 1. The molecule has 4 heteroatoms. The van der Waals surface area contributed by atoms with E-state index < -0.39 is 0 Å². The lowest BCUT2D eigenvalue weighted by Gasteiger charge is -2.05. The van der Waals surface area contributed by atoms with Gasteiger partial charge in [-0.1, -0.05) is 6.07 Å². The number of carbonyl (C=O) groups excluding carboxylic acids is 2. The van der Waals surface area contributed by atoms with Gasteiger partial charge in [0.05, 0.1) is 12.7 Å². The van der Waals surface area contributed by atoms with E-state index in [1.807, 2.05) is 6.92 Å². The van der Waals surface area contributed by atoms with Gasteiger partial charge in [-0.05, 0) is 36.8 Å². The van der Waals surface area contributed by atoms with E-state index >= 15 is 0 Å². The Morgan fingerprint density at radius 2 is 2.06 bits per heavy atom. The fraction of sp³-hybridized carbons (Fsp3) is 0.143. The summed E-state index contributed by atoms with van der Waals surface area (Å²) in [7, 11) is 1.34. The molecule has 2 aromatic rings. The van der Waals surface area contributed by atoms with E-state index in [1.54, 1.807) is 30.3 Å². The van der Waals surface area contributed by atoms with Crippen LogP contribution in [0, 0.1) is 6.92 Å². The molecule has 0 N–H and O–H groups in total. The van der Waals surface area contributed by atoms with Gasteiger partial charge < -0.3 is 9.15 Å². The van der Waals surface area contributed by atoms with Gasteiger partial charge in [-0.2, -0.15) is 0 Å². The highest BCUT2D eigenvalue weighted by Gasteiger charge is 2.11. The van der Waals surface area contributed by atoms with Crippen LogP contribution < -0.4 is 0 Å². The van der Waals surface area contributed by atoms with Crippen LogP contribution in [0.15, 0.2) is 34.7 Å². The van der Waals surface area contributed by atoms with Crippen molar-refractivity contribution in [1.82, 2.24) is 0 Å². The molecule has 18 heavy (non-hydrogen) atoms. The summed E-state index contributed by atoms with van der Waals surface area (Å²) in [6.07, 6.45) is 0.654. The Kier molecular flexibility index (Phi) is 3.28. The highest BCUT2D eigenvalue weighted by atomic mass is 16.5. The molecular formula is C14H12O4. The number of hydrogen-bond acceptors (Lipinski definition) is 4. The maximum atomic E-state index is 11.4. The second-order valence-electron chi connectivity index (χ2n) is 3.84. The van der Waals surface area contributed by atoms with E-state index in [0.29, 0.717) is 17.6 Å². The van der Waals surface area contributed by atoms with Crippen LogP contribution in [-0.4, -0.2) is 19.4 Å². The van der Waals surface area contributed by atoms with Gasteiger partial charge in [0, 0.05) is 5.56 Å². The van der Waals surface area contributed by atoms with Crippen LogP contribution in [0.1, 0.15) is 26.5 Å². The summed E-state index contributed by atoms with van der Waals surface area (Å²) in [6.45, 7) is 1.87. The van der Waals surface area contributed by atoms with Gasteiger partial charge >= 0.3 is 5.97 Å². The zero-order valence-electron chi connectivity index (χ0n) is 10.1. The molecular weight excluding hydrogens is 232 g/mol. The van der Waals surface area contributed by atoms with Crippen LogP contribution in [0.4, 0.5) is 0 Å². The number of ether oxygens (including phenoxy) is 1. The first-order chi connectivity index (χ1) is 8.65. The van der Waals surface area contributed by atoms with Crippen LogP contribution >= 0.6 is 0 Å². The molecule has 0 aliphatic heterocycles. The van der Waals surface area contributed by atoms with Crippen molar-refractivity contribution in [2.24, 2.45) is 0 Å². The molecule has 2 rings (SSSR count). The standard InChI is InChI=1S/C14H12O4/c1-9-7-10(14(16)17-2)3-5-12(9)13-6-4-11(8-15)18-13/h3-8H,1-2H3. The van der Waals surface area contributed by atoms with Crippen molar-refractivity contribution in [2.75, 3.05) is 7.11 Å². The van der Waals surface area contributed by atoms with Crippen LogP contribution in [0.3, 0.4) is 0 Å². The first kappa shape index (κ1) is 12.1. The first-order valence-electron chi connectivity index (χ1n) is 5.40. The first-order valence-corrected chi connectivity index (χ1v) is 5.40. The van der Waals surface area contributed by atoms with Gasteiger partial charge in [-0.3, -0.25) is 4.79 Å². The third kappa shape index (κ3) is 2.18. The Morgan fingerprint density at radius 1 is 1.28 bits per heavy atom. The number of hydrogen-bond donors (Lipinski definition) is 0. The Balaban J connectivity index is 2.40. The molecule has 0 aliphatic carbocycles. The summed E-state index contributed by atoms with van der Waals surface area (Å²) < 4.78 is 9.99. The third-order valence-electron chi connectivity index (χ3n) is 2.66. The average molecular weight is 244 g/mol. The smallest absolute Gasteiger partial charge is 0.337 e. The molecule has 1 heterocycles. The van der Waals surface area contributed by atoms with E-state index in [4.69, 9.17) is 4.42 Å². The maximum absolute atomic E-state index is 11.4. The molecule has 0 amide bonds. The SMILES string of the molecule is COC(=O)c1ccc(-c2ccc(C=O)o2)c(C)c1. The predicted molar refractivity (Wildman–Crippen MR) is 65.6 cm³/mol. The van der Waals surface area contributed by atoms with Gasteiger partial charge in [-0.25, -0.2) is 4.79 Å². The Morgan fingerprint density at radius 3 is 2.61 bits per heavy atom. The van der Waals surface area contributed by atoms with Gasteiger partial charge in [-0.15, -0.1) is 0 Å². The molecule has 92 valence electrons. The van der Waals surface area contributed by atoms with Crippen molar-refractivity contribution in [3.05, 3.63) is 47.2 Å². The molecule has 0 saturated heterocycles. The van der Waals surface area contributed by atoms with E-state index in [2.05, 4.69) is 4.74 Å². The lowest BCUT2D eigenvalue weighted by molar-refractivity contribution is 0.0600. The van der Waals surface area contributed by atoms with Crippen LogP contribution in [0.25, 0.3) is 11.3 Å². The normalized spacial score (nSPS) is 10.1. The molecule has 1 aromatic heterocycles. The van der Waals surface area contributed by atoms with E-state index in [9.17, 15) is 9.59 Å². The van der Waals surface area contributed by atoms with Gasteiger partial charge in [0.1, 0.15) is 5.76 Å². The van der Waals surface area contributed by atoms with Gasteiger partial charge in [0.15, 0.2) is 12.0 Å². The number of benzene rings is 1. The molecule has 0 bridgehead atoms. The second-order valence-corrected chi connectivity index (χ2v) is 3.84. The highest BCUT2D eigenvalue weighted by molar-refractivity contribution is 5.90. The van der Waals surface area contributed by atoms with E-state index in [-0.39, 0.29) is 11.7 Å². The van der Waals surface area contributed by atoms with Gasteiger partial charge in [0.2, 0.25) is 0 Å². The largest absolute Gasteiger partial charge is 0.465 e. The summed E-state index contributed by atoms with van der Waals surface area (Å²) in [5.41, 5.74) is 2.21. The monoisotopic (exact) mass is 244 g/mol. The van der Waals surface area contributed by atoms with Gasteiger partial charge in [0.25, 0.3) is 0 Å². The van der Waals surface area contributed by atoms with Crippen LogP contribution in [0.2, 0.25) is 0 Å². The maximum Gasteiger partial charge on any atom is 0.337 e. The van der Waals surface area contributed by atoms with E-state index in [0.717, 1.165) is 11.1 Å². The summed E-state index contributed by atoms with van der Waals surface area (Å²) in [6, 6.07) is 8.50. The zero-order chi connectivity index (χ0) is 13.1. The summed E-state index contributed by atoms with van der Waals surface area (Å²) >= 11 is 0. The summed E-state index contributed by atoms with van der Waals surface area (Å²) in [5, 5.41) is 0. The van der Waals surface area contributed by atoms with Crippen molar-refractivity contribution in [3.8, 4) is 11.3 Å². The molecule has 0 radical (unpaired) electrons. The Hall–Kier alpha value is -2.36. The lowest BCUT2D eigenvalue weighted by atomic mass is 10.0. The molecule has 0 atom stereocenters. The second kappa shape index (κ2) is 4.87. The molecule has 0 fully saturated rings. The number of aldehydes is 1. The summed E-state index contributed by atoms with van der Waals surface area (Å²) in [5.74, 6) is 0.505. The highest BCUT2D eigenvalue weighted by Crippen LogP contribution is 2.26. The molecule has 0 unspecified atom stereocenters. The minimum atomic E-state index is -0.377. The number of rotatable bonds is 3. The topological polar surface area (TPSA) is 56.5 Å². The lowest BCUT2D eigenvalue weighted by Crippen LogP contribution is -2.01.